The summed E-state index contributed by atoms with van der Waals surface area (Å²) in [7, 11) is -3.99. The zero-order chi connectivity index (χ0) is 18.7. The molecule has 7 nitrogen and oxygen atoms in total. The summed E-state index contributed by atoms with van der Waals surface area (Å²) in [5.74, 6) is 0. The summed E-state index contributed by atoms with van der Waals surface area (Å²) >= 11 is 0. The van der Waals surface area contributed by atoms with Crippen molar-refractivity contribution in [3.05, 3.63) is 69.3 Å². The van der Waals surface area contributed by atoms with Gasteiger partial charge in [0.1, 0.15) is 0 Å². The normalized spacial score (nSPS) is 16.0. The standard InChI is InChI=1S/C18H19N3O4S/c1-13-10-11-15(12-18(13)21(22)23)26(24,25)20-19-17-9-5-3-7-14-6-2-4-8-16(14)17/h2,4,6,8,10-12,20H,3,5,7,9H2,1H3/b19-17+. The van der Waals surface area contributed by atoms with Gasteiger partial charge in [0.2, 0.25) is 0 Å². The smallest absolute Gasteiger partial charge is 0.258 e. The molecule has 3 rings (SSSR count). The van der Waals surface area contributed by atoms with E-state index in [2.05, 4.69) is 9.93 Å². The number of rotatable bonds is 4. The fraction of sp³-hybridized carbons (Fsp3) is 0.278. The van der Waals surface area contributed by atoms with Crippen LogP contribution in [-0.2, 0) is 16.4 Å². The van der Waals surface area contributed by atoms with Crippen LogP contribution in [0, 0.1) is 17.0 Å². The maximum Gasteiger partial charge on any atom is 0.276 e. The van der Waals surface area contributed by atoms with Gasteiger partial charge in [-0.1, -0.05) is 30.3 Å². The molecule has 0 amide bonds. The average Bonchev–Trinajstić information content (AvgIpc) is 2.82. The summed E-state index contributed by atoms with van der Waals surface area (Å²) in [6, 6.07) is 11.6. The third kappa shape index (κ3) is 3.75. The van der Waals surface area contributed by atoms with E-state index in [4.69, 9.17) is 0 Å². The predicted molar refractivity (Wildman–Crippen MR) is 98.7 cm³/mol. The average molecular weight is 373 g/mol. The van der Waals surface area contributed by atoms with E-state index in [1.165, 1.54) is 12.1 Å². The molecule has 0 bridgehead atoms. The van der Waals surface area contributed by atoms with E-state index in [0.717, 1.165) is 36.5 Å². The molecular weight excluding hydrogens is 354 g/mol. The Kier molecular flexibility index (Phi) is 5.03. The summed E-state index contributed by atoms with van der Waals surface area (Å²) < 4.78 is 25.0. The van der Waals surface area contributed by atoms with Gasteiger partial charge in [-0.2, -0.15) is 18.4 Å². The van der Waals surface area contributed by atoms with E-state index in [9.17, 15) is 18.5 Å². The second kappa shape index (κ2) is 7.25. The molecule has 0 unspecified atom stereocenters. The number of nitro benzene ring substituents is 1. The van der Waals surface area contributed by atoms with Crippen molar-refractivity contribution < 1.29 is 13.3 Å². The van der Waals surface area contributed by atoms with Crippen LogP contribution < -0.4 is 4.83 Å². The first-order valence-electron chi connectivity index (χ1n) is 8.30. The van der Waals surface area contributed by atoms with E-state index in [0.29, 0.717) is 17.7 Å². The molecule has 0 radical (unpaired) electrons. The molecule has 0 aromatic heterocycles. The number of fused-ring (bicyclic) bond motifs is 1. The van der Waals surface area contributed by atoms with Crippen molar-refractivity contribution in [1.29, 1.82) is 0 Å². The highest BCUT2D eigenvalue weighted by Gasteiger charge is 2.20. The number of nitrogens with one attached hydrogen (secondary N) is 1. The third-order valence-electron chi connectivity index (χ3n) is 4.43. The van der Waals surface area contributed by atoms with Crippen molar-refractivity contribution in [1.82, 2.24) is 4.83 Å². The molecule has 1 aliphatic carbocycles. The summed E-state index contributed by atoms with van der Waals surface area (Å²) in [5, 5.41) is 15.2. The summed E-state index contributed by atoms with van der Waals surface area (Å²) in [4.78, 5) is 12.5. The number of nitrogens with zero attached hydrogens (tertiary/aromatic N) is 2. The van der Waals surface area contributed by atoms with Crippen molar-refractivity contribution in [2.75, 3.05) is 0 Å². The van der Waals surface area contributed by atoms with Crippen molar-refractivity contribution >= 4 is 21.4 Å². The second-order valence-electron chi connectivity index (χ2n) is 6.22. The van der Waals surface area contributed by atoms with E-state index in [1.54, 1.807) is 6.92 Å². The van der Waals surface area contributed by atoms with Gasteiger partial charge in [0.05, 0.1) is 15.5 Å². The Morgan fingerprint density at radius 2 is 1.85 bits per heavy atom. The van der Waals surface area contributed by atoms with Crippen molar-refractivity contribution in [2.45, 2.75) is 37.5 Å². The number of aryl methyl sites for hydroxylation is 2. The molecule has 2 aromatic rings. The highest BCUT2D eigenvalue weighted by atomic mass is 32.2. The lowest BCUT2D eigenvalue weighted by atomic mass is 10.0. The van der Waals surface area contributed by atoms with Gasteiger partial charge >= 0.3 is 0 Å². The number of sulfonamides is 1. The minimum absolute atomic E-state index is 0.180. The van der Waals surface area contributed by atoms with Gasteiger partial charge in [0.15, 0.2) is 0 Å². The lowest BCUT2D eigenvalue weighted by Crippen LogP contribution is -2.21. The Morgan fingerprint density at radius 1 is 1.12 bits per heavy atom. The van der Waals surface area contributed by atoms with E-state index >= 15 is 0 Å². The Labute approximate surface area is 152 Å². The summed E-state index contributed by atoms with van der Waals surface area (Å²) in [6.45, 7) is 1.56. The molecular formula is C18H19N3O4S. The van der Waals surface area contributed by atoms with Crippen molar-refractivity contribution in [3.8, 4) is 0 Å². The number of hydrogen-bond acceptors (Lipinski definition) is 5. The largest absolute Gasteiger partial charge is 0.276 e. The van der Waals surface area contributed by atoms with Gasteiger partial charge in [-0.05, 0) is 44.2 Å². The molecule has 8 heteroatoms. The molecule has 1 aliphatic rings. The van der Waals surface area contributed by atoms with Crippen LogP contribution >= 0.6 is 0 Å². The lowest BCUT2D eigenvalue weighted by Gasteiger charge is -2.09. The fourth-order valence-electron chi connectivity index (χ4n) is 3.00. The SMILES string of the molecule is Cc1ccc(S(=O)(=O)N/N=C2\CCCCc3ccccc32)cc1[N+](=O)[O-]. The number of nitro groups is 1. The fourth-order valence-corrected chi connectivity index (χ4v) is 3.85. The van der Waals surface area contributed by atoms with Crippen LogP contribution in [0.3, 0.4) is 0 Å². The molecule has 2 aromatic carbocycles. The Bertz CT molecular complexity index is 984. The minimum atomic E-state index is -3.99. The summed E-state index contributed by atoms with van der Waals surface area (Å²) in [6.07, 6.45) is 3.55. The number of hydrogen-bond donors (Lipinski definition) is 1. The Hall–Kier alpha value is -2.74. The van der Waals surface area contributed by atoms with E-state index < -0.39 is 14.9 Å². The first kappa shape index (κ1) is 18.1. The van der Waals surface area contributed by atoms with Crippen molar-refractivity contribution in [3.63, 3.8) is 0 Å². The quantitative estimate of drug-likeness (QED) is 0.504. The first-order chi connectivity index (χ1) is 12.4. The third-order valence-corrected chi connectivity index (χ3v) is 5.63. The molecule has 0 saturated carbocycles. The van der Waals surface area contributed by atoms with Crippen LogP contribution in [0.15, 0.2) is 52.5 Å². The van der Waals surface area contributed by atoms with E-state index in [1.807, 2.05) is 24.3 Å². The topological polar surface area (TPSA) is 102 Å². The highest BCUT2D eigenvalue weighted by molar-refractivity contribution is 7.89. The molecule has 1 N–H and O–H groups in total. The zero-order valence-corrected chi connectivity index (χ0v) is 15.1. The van der Waals surface area contributed by atoms with Crippen molar-refractivity contribution in [2.24, 2.45) is 5.10 Å². The van der Waals surface area contributed by atoms with Crippen LogP contribution in [0.2, 0.25) is 0 Å². The Balaban J connectivity index is 1.92. The lowest BCUT2D eigenvalue weighted by molar-refractivity contribution is -0.385. The zero-order valence-electron chi connectivity index (χ0n) is 14.3. The molecule has 136 valence electrons. The molecule has 0 fully saturated rings. The minimum Gasteiger partial charge on any atom is -0.258 e. The van der Waals surface area contributed by atoms with Crippen LogP contribution in [0.4, 0.5) is 5.69 Å². The number of hydrazone groups is 1. The summed E-state index contributed by atoms with van der Waals surface area (Å²) in [5.41, 5.74) is 2.94. The van der Waals surface area contributed by atoms with Gasteiger partial charge in [-0.15, -0.1) is 0 Å². The van der Waals surface area contributed by atoms with Crippen LogP contribution in [0.5, 0.6) is 0 Å². The van der Waals surface area contributed by atoms with Gasteiger partial charge in [-0.3, -0.25) is 10.1 Å². The Morgan fingerprint density at radius 3 is 2.62 bits per heavy atom. The maximum atomic E-state index is 12.5. The van der Waals surface area contributed by atoms with Gasteiger partial charge in [0, 0.05) is 17.2 Å². The number of benzene rings is 2. The molecule has 26 heavy (non-hydrogen) atoms. The monoisotopic (exact) mass is 373 g/mol. The maximum absolute atomic E-state index is 12.5. The van der Waals surface area contributed by atoms with E-state index in [-0.39, 0.29) is 10.6 Å². The molecule has 0 spiro atoms. The predicted octanol–water partition coefficient (Wildman–Crippen LogP) is 3.31. The van der Waals surface area contributed by atoms with Gasteiger partial charge in [-0.25, -0.2) is 0 Å². The van der Waals surface area contributed by atoms with Crippen LogP contribution in [-0.4, -0.2) is 19.1 Å². The van der Waals surface area contributed by atoms with Gasteiger partial charge in [0.25, 0.3) is 15.7 Å². The van der Waals surface area contributed by atoms with Crippen LogP contribution in [0.25, 0.3) is 0 Å². The highest BCUT2D eigenvalue weighted by Crippen LogP contribution is 2.23. The second-order valence-corrected chi connectivity index (χ2v) is 7.88. The van der Waals surface area contributed by atoms with Crippen LogP contribution in [0.1, 0.15) is 36.0 Å². The molecule has 0 heterocycles. The first-order valence-corrected chi connectivity index (χ1v) is 9.78. The molecule has 0 saturated heterocycles. The molecule has 0 atom stereocenters. The molecule has 0 aliphatic heterocycles. The van der Waals surface area contributed by atoms with Gasteiger partial charge < -0.3 is 0 Å².